The highest BCUT2D eigenvalue weighted by molar-refractivity contribution is 5.73. The van der Waals surface area contributed by atoms with Crippen LogP contribution in [0, 0.1) is 11.6 Å². The van der Waals surface area contributed by atoms with Crippen molar-refractivity contribution in [3.05, 3.63) is 47.8 Å². The van der Waals surface area contributed by atoms with E-state index in [1.807, 2.05) is 6.07 Å². The van der Waals surface area contributed by atoms with Gasteiger partial charge in [-0.2, -0.15) is 0 Å². The number of benzene rings is 1. The minimum atomic E-state index is -0.612. The van der Waals surface area contributed by atoms with Gasteiger partial charge in [0.1, 0.15) is 18.1 Å². The zero-order valence-corrected chi connectivity index (χ0v) is 18.8. The molecule has 1 fully saturated rings. The Morgan fingerprint density at radius 1 is 1.09 bits per heavy atom. The van der Waals surface area contributed by atoms with Crippen LogP contribution >= 0.6 is 0 Å². The predicted molar refractivity (Wildman–Crippen MR) is 127 cm³/mol. The highest BCUT2D eigenvalue weighted by Crippen LogP contribution is 2.41. The summed E-state index contributed by atoms with van der Waals surface area (Å²) < 4.78 is 35.6. The first-order valence-corrected chi connectivity index (χ1v) is 11.9. The molecule has 176 valence electrons. The molecule has 3 aliphatic rings. The van der Waals surface area contributed by atoms with Crippen LogP contribution in [0.25, 0.3) is 11.3 Å². The summed E-state index contributed by atoms with van der Waals surface area (Å²) in [6.45, 7) is 2.05. The molecule has 0 spiro atoms. The zero-order chi connectivity index (χ0) is 23.1. The molecule has 3 aromatic rings. The summed E-state index contributed by atoms with van der Waals surface area (Å²) in [5.41, 5.74) is 3.14. The van der Waals surface area contributed by atoms with Crippen molar-refractivity contribution in [2.75, 3.05) is 35.2 Å². The van der Waals surface area contributed by atoms with Gasteiger partial charge < -0.3 is 20.3 Å². The molecule has 2 aliphatic heterocycles. The second-order valence-corrected chi connectivity index (χ2v) is 9.02. The van der Waals surface area contributed by atoms with Gasteiger partial charge in [0.25, 0.3) is 0 Å². The third-order valence-electron chi connectivity index (χ3n) is 6.90. The van der Waals surface area contributed by atoms with Crippen LogP contribution in [0.5, 0.6) is 5.75 Å². The largest absolute Gasteiger partial charge is 0.486 e. The van der Waals surface area contributed by atoms with Crippen molar-refractivity contribution >= 4 is 23.1 Å². The monoisotopic (exact) mass is 464 g/mol. The Labute approximate surface area is 196 Å². The van der Waals surface area contributed by atoms with Crippen LogP contribution in [0.2, 0.25) is 0 Å². The molecule has 9 heteroatoms. The van der Waals surface area contributed by atoms with Crippen LogP contribution < -0.4 is 20.3 Å². The Bertz CT molecular complexity index is 1230. The molecule has 2 N–H and O–H groups in total. The Kier molecular flexibility index (Phi) is 5.39. The molecule has 7 nitrogen and oxygen atoms in total. The minimum Gasteiger partial charge on any atom is -0.486 e. The van der Waals surface area contributed by atoms with E-state index in [4.69, 9.17) is 4.74 Å². The van der Waals surface area contributed by atoms with Crippen LogP contribution in [-0.2, 0) is 6.42 Å². The summed E-state index contributed by atoms with van der Waals surface area (Å²) in [5.74, 6) is -0.0294. The third kappa shape index (κ3) is 3.78. The molecular formula is C25H26F2N6O. The van der Waals surface area contributed by atoms with Crippen molar-refractivity contribution in [3.63, 3.8) is 0 Å². The van der Waals surface area contributed by atoms with Crippen molar-refractivity contribution < 1.29 is 13.5 Å². The van der Waals surface area contributed by atoms with Gasteiger partial charge in [0, 0.05) is 35.6 Å². The molecule has 0 atom stereocenters. The molecule has 4 heterocycles. The third-order valence-corrected chi connectivity index (χ3v) is 6.90. The number of halogens is 2. The first kappa shape index (κ1) is 21.1. The van der Waals surface area contributed by atoms with Gasteiger partial charge >= 0.3 is 0 Å². The number of ether oxygens (including phenoxy) is 1. The first-order valence-electron chi connectivity index (χ1n) is 11.9. The number of hydrogen-bond donors (Lipinski definition) is 2. The topological polar surface area (TPSA) is 75.2 Å². The Morgan fingerprint density at radius 2 is 1.97 bits per heavy atom. The Balaban J connectivity index is 1.36. The second kappa shape index (κ2) is 8.70. The number of nitrogens with zero attached hydrogens (tertiary/aromatic N) is 4. The smallest absolute Gasteiger partial charge is 0.229 e. The van der Waals surface area contributed by atoms with Gasteiger partial charge in [-0.05, 0) is 43.9 Å². The van der Waals surface area contributed by atoms with Crippen LogP contribution in [0.15, 0.2) is 30.6 Å². The van der Waals surface area contributed by atoms with Crippen molar-refractivity contribution in [2.24, 2.45) is 0 Å². The van der Waals surface area contributed by atoms with Crippen LogP contribution in [0.4, 0.5) is 31.9 Å². The highest BCUT2D eigenvalue weighted by atomic mass is 19.1. The van der Waals surface area contributed by atoms with Gasteiger partial charge in [0.15, 0.2) is 17.4 Å². The fourth-order valence-electron chi connectivity index (χ4n) is 5.28. The number of hydrogen-bond acceptors (Lipinski definition) is 7. The SMILES string of the molecule is Fc1cnc(Nc2nccc3c2CCCN3)nc1-c1cc(F)c2c(c1)N(C1CCCC1)CCO2. The molecule has 0 unspecified atom stereocenters. The first-order chi connectivity index (χ1) is 16.7. The van der Waals surface area contributed by atoms with E-state index in [1.54, 1.807) is 12.3 Å². The Morgan fingerprint density at radius 3 is 2.85 bits per heavy atom. The van der Waals surface area contributed by atoms with Crippen molar-refractivity contribution in [1.29, 1.82) is 0 Å². The van der Waals surface area contributed by atoms with Gasteiger partial charge in [-0.25, -0.2) is 23.7 Å². The quantitative estimate of drug-likeness (QED) is 0.559. The van der Waals surface area contributed by atoms with E-state index in [0.29, 0.717) is 36.3 Å². The molecule has 0 saturated heterocycles. The van der Waals surface area contributed by atoms with Crippen molar-refractivity contribution in [2.45, 2.75) is 44.6 Å². The van der Waals surface area contributed by atoms with Gasteiger partial charge in [-0.15, -0.1) is 0 Å². The molecule has 6 rings (SSSR count). The summed E-state index contributed by atoms with van der Waals surface area (Å²) >= 11 is 0. The number of aromatic nitrogens is 3. The number of fused-ring (bicyclic) bond motifs is 2. The molecule has 1 saturated carbocycles. The highest BCUT2D eigenvalue weighted by Gasteiger charge is 2.30. The molecule has 34 heavy (non-hydrogen) atoms. The summed E-state index contributed by atoms with van der Waals surface area (Å²) in [6.07, 6.45) is 9.18. The minimum absolute atomic E-state index is 0.0408. The Hall–Kier alpha value is -3.49. The van der Waals surface area contributed by atoms with Crippen molar-refractivity contribution in [3.8, 4) is 17.0 Å². The molecule has 2 aromatic heterocycles. The summed E-state index contributed by atoms with van der Waals surface area (Å²) in [4.78, 5) is 15.2. The van der Waals surface area contributed by atoms with Gasteiger partial charge in [-0.1, -0.05) is 12.8 Å². The lowest BCUT2D eigenvalue weighted by Crippen LogP contribution is -2.40. The standard InChI is InChI=1S/C25H26F2N6O/c26-18-12-15(13-21-23(18)34-11-10-33(21)16-4-1-2-5-16)22-19(27)14-30-25(31-22)32-24-17-6-3-8-28-20(17)7-9-29-24/h7,9,12-14,16,28H,1-6,8,10-11H2,(H,29,30,31,32). The van der Waals surface area contributed by atoms with E-state index in [-0.39, 0.29) is 17.4 Å². The molecule has 0 radical (unpaired) electrons. The maximum Gasteiger partial charge on any atom is 0.229 e. The van der Waals surface area contributed by atoms with Crippen LogP contribution in [0.3, 0.4) is 0 Å². The summed E-state index contributed by atoms with van der Waals surface area (Å²) in [7, 11) is 0. The van der Waals surface area contributed by atoms with E-state index in [1.165, 1.54) is 18.9 Å². The predicted octanol–water partition coefficient (Wildman–Crippen LogP) is 5.06. The average molecular weight is 465 g/mol. The maximum atomic E-state index is 15.1. The molecule has 1 aliphatic carbocycles. The second-order valence-electron chi connectivity index (χ2n) is 9.02. The number of rotatable bonds is 4. The van der Waals surface area contributed by atoms with E-state index < -0.39 is 11.6 Å². The fourth-order valence-corrected chi connectivity index (χ4v) is 5.28. The van der Waals surface area contributed by atoms with Gasteiger partial charge in [0.2, 0.25) is 5.95 Å². The van der Waals surface area contributed by atoms with E-state index in [9.17, 15) is 4.39 Å². The maximum absolute atomic E-state index is 15.1. The van der Waals surface area contributed by atoms with Gasteiger partial charge in [0.05, 0.1) is 18.4 Å². The number of anilines is 4. The lowest BCUT2D eigenvalue weighted by molar-refractivity contribution is 0.285. The summed E-state index contributed by atoms with van der Waals surface area (Å²) in [5, 5.41) is 6.49. The zero-order valence-electron chi connectivity index (χ0n) is 18.8. The molecule has 0 amide bonds. The summed E-state index contributed by atoms with van der Waals surface area (Å²) in [6, 6.07) is 5.37. The number of pyridine rings is 1. The van der Waals surface area contributed by atoms with E-state index in [2.05, 4.69) is 30.5 Å². The molecular weight excluding hydrogens is 438 g/mol. The van der Waals surface area contributed by atoms with Crippen molar-refractivity contribution in [1.82, 2.24) is 15.0 Å². The normalized spacial score (nSPS) is 17.5. The lowest BCUT2D eigenvalue weighted by Gasteiger charge is -2.36. The fraction of sp³-hybridized carbons (Fsp3) is 0.400. The van der Waals surface area contributed by atoms with Gasteiger partial charge in [-0.3, -0.25) is 0 Å². The molecule has 1 aromatic carbocycles. The molecule has 0 bridgehead atoms. The van der Waals surface area contributed by atoms with E-state index >= 15 is 4.39 Å². The lowest BCUT2D eigenvalue weighted by atomic mass is 10.0. The number of nitrogens with one attached hydrogen (secondary N) is 2. The van der Waals surface area contributed by atoms with E-state index in [0.717, 1.165) is 49.7 Å². The average Bonchev–Trinajstić information content (AvgIpc) is 3.40. The van der Waals surface area contributed by atoms with Crippen LogP contribution in [0.1, 0.15) is 37.7 Å². The van der Waals surface area contributed by atoms with Crippen LogP contribution in [-0.4, -0.2) is 40.7 Å².